The molecule has 0 unspecified atom stereocenters. The second kappa shape index (κ2) is 6.59. The van der Waals surface area contributed by atoms with Crippen LogP contribution in [0.15, 0.2) is 28.7 Å². The van der Waals surface area contributed by atoms with E-state index in [2.05, 4.69) is 33.5 Å². The van der Waals surface area contributed by atoms with Gasteiger partial charge >= 0.3 is 0 Å². The fraction of sp³-hybridized carbons (Fsp3) is 0.462. The van der Waals surface area contributed by atoms with E-state index in [1.807, 2.05) is 29.2 Å². The lowest BCUT2D eigenvalue weighted by atomic mass is 10.2. The highest BCUT2D eigenvalue weighted by molar-refractivity contribution is 9.10. The minimum absolute atomic E-state index is 0.127. The molecule has 0 aliphatic carbocycles. The summed E-state index contributed by atoms with van der Waals surface area (Å²) in [5, 5.41) is 0. The van der Waals surface area contributed by atoms with Crippen molar-refractivity contribution in [1.29, 1.82) is 0 Å². The van der Waals surface area contributed by atoms with Crippen LogP contribution in [0.5, 0.6) is 0 Å². The van der Waals surface area contributed by atoms with E-state index in [4.69, 9.17) is 0 Å². The second-order valence-electron chi connectivity index (χ2n) is 4.37. The molecule has 0 bridgehead atoms. The molecule has 1 heterocycles. The number of benzene rings is 1. The summed E-state index contributed by atoms with van der Waals surface area (Å²) in [6, 6.07) is 7.57. The zero-order valence-corrected chi connectivity index (χ0v) is 12.7. The Morgan fingerprint density at radius 1 is 1.28 bits per heavy atom. The van der Waals surface area contributed by atoms with Crippen LogP contribution in [0.4, 0.5) is 0 Å². The predicted molar refractivity (Wildman–Crippen MR) is 80.3 cm³/mol. The number of carbonyl (C=O) groups excluding carboxylic acids is 1. The molecule has 0 N–H and O–H groups in total. The first-order valence-electron chi connectivity index (χ1n) is 6.09. The largest absolute Gasteiger partial charge is 0.336 e. The van der Waals surface area contributed by atoms with Crippen LogP contribution in [0.25, 0.3) is 0 Å². The summed E-state index contributed by atoms with van der Waals surface area (Å²) >= 11 is 7.63. The molecule has 1 aromatic rings. The molecule has 2 rings (SSSR count). The van der Waals surface area contributed by atoms with E-state index in [1.54, 1.807) is 0 Å². The molecule has 1 amide bonds. The smallest absolute Gasteiger partial charge is 0.253 e. The van der Waals surface area contributed by atoms with E-state index in [-0.39, 0.29) is 5.91 Å². The Bertz CT molecular complexity index is 419. The minimum atomic E-state index is 0.127. The van der Waals surface area contributed by atoms with Gasteiger partial charge in [-0.3, -0.25) is 9.69 Å². The monoisotopic (exact) mass is 328 g/mol. The number of hydrogen-bond donors (Lipinski definition) is 1. The van der Waals surface area contributed by atoms with Crippen LogP contribution in [0.1, 0.15) is 10.4 Å². The molecule has 0 atom stereocenters. The predicted octanol–water partition coefficient (Wildman–Crippen LogP) is 2.14. The van der Waals surface area contributed by atoms with Crippen molar-refractivity contribution < 1.29 is 4.79 Å². The number of amides is 1. The standard InChI is InChI=1S/C13H17BrN2OS/c14-12-3-1-2-11(10-12)13(17)16-6-4-15(5-7-16)8-9-18/h1-3,10,18H,4-9H2. The first-order valence-corrected chi connectivity index (χ1v) is 7.51. The van der Waals surface area contributed by atoms with E-state index in [9.17, 15) is 4.79 Å². The van der Waals surface area contributed by atoms with Gasteiger partial charge in [0.05, 0.1) is 0 Å². The fourth-order valence-electron chi connectivity index (χ4n) is 2.12. The van der Waals surface area contributed by atoms with Gasteiger partial charge in [0.2, 0.25) is 0 Å². The summed E-state index contributed by atoms with van der Waals surface area (Å²) in [5.41, 5.74) is 0.757. The van der Waals surface area contributed by atoms with Gasteiger partial charge in [0.1, 0.15) is 0 Å². The zero-order valence-electron chi connectivity index (χ0n) is 10.2. The van der Waals surface area contributed by atoms with E-state index in [0.717, 1.165) is 48.5 Å². The van der Waals surface area contributed by atoms with Gasteiger partial charge < -0.3 is 4.90 Å². The van der Waals surface area contributed by atoms with Crippen molar-refractivity contribution in [3.63, 3.8) is 0 Å². The topological polar surface area (TPSA) is 23.6 Å². The first-order chi connectivity index (χ1) is 8.70. The van der Waals surface area contributed by atoms with Gasteiger partial charge in [0.25, 0.3) is 5.91 Å². The Hall–Kier alpha value is -0.520. The van der Waals surface area contributed by atoms with Gasteiger partial charge in [0, 0.05) is 48.5 Å². The van der Waals surface area contributed by atoms with Gasteiger partial charge in [-0.15, -0.1) is 0 Å². The molecule has 1 fully saturated rings. The third-order valence-electron chi connectivity index (χ3n) is 3.15. The van der Waals surface area contributed by atoms with Gasteiger partial charge in [-0.05, 0) is 18.2 Å². The Labute approximate surface area is 122 Å². The number of thiol groups is 1. The van der Waals surface area contributed by atoms with Crippen LogP contribution in [-0.2, 0) is 0 Å². The Morgan fingerprint density at radius 2 is 2.00 bits per heavy atom. The van der Waals surface area contributed by atoms with E-state index in [0.29, 0.717) is 0 Å². The van der Waals surface area contributed by atoms with Crippen LogP contribution in [0.2, 0.25) is 0 Å². The highest BCUT2D eigenvalue weighted by Crippen LogP contribution is 2.14. The quantitative estimate of drug-likeness (QED) is 0.859. The summed E-state index contributed by atoms with van der Waals surface area (Å²) < 4.78 is 0.946. The number of hydrogen-bond acceptors (Lipinski definition) is 3. The number of nitrogens with zero attached hydrogens (tertiary/aromatic N) is 2. The van der Waals surface area contributed by atoms with E-state index >= 15 is 0 Å². The fourth-order valence-corrected chi connectivity index (χ4v) is 2.80. The van der Waals surface area contributed by atoms with Gasteiger partial charge in [-0.25, -0.2) is 0 Å². The van der Waals surface area contributed by atoms with Crippen molar-refractivity contribution in [3.05, 3.63) is 34.3 Å². The molecule has 1 aromatic carbocycles. The number of piperazine rings is 1. The molecule has 0 radical (unpaired) electrons. The van der Waals surface area contributed by atoms with Crippen LogP contribution in [0, 0.1) is 0 Å². The lowest BCUT2D eigenvalue weighted by molar-refractivity contribution is 0.0644. The van der Waals surface area contributed by atoms with Gasteiger partial charge in [0.15, 0.2) is 0 Å². The van der Waals surface area contributed by atoms with Crippen molar-refractivity contribution >= 4 is 34.5 Å². The van der Waals surface area contributed by atoms with Crippen LogP contribution >= 0.6 is 28.6 Å². The molecule has 3 nitrogen and oxygen atoms in total. The molecule has 98 valence electrons. The van der Waals surface area contributed by atoms with Gasteiger partial charge in [-0.1, -0.05) is 22.0 Å². The van der Waals surface area contributed by atoms with Crippen molar-refractivity contribution in [2.24, 2.45) is 0 Å². The number of carbonyl (C=O) groups is 1. The molecule has 5 heteroatoms. The number of halogens is 1. The third-order valence-corrected chi connectivity index (χ3v) is 3.84. The lowest BCUT2D eigenvalue weighted by Crippen LogP contribution is -2.49. The van der Waals surface area contributed by atoms with Crippen LogP contribution in [-0.4, -0.2) is 54.2 Å². The lowest BCUT2D eigenvalue weighted by Gasteiger charge is -2.34. The van der Waals surface area contributed by atoms with Gasteiger partial charge in [-0.2, -0.15) is 12.6 Å². The summed E-state index contributed by atoms with van der Waals surface area (Å²) in [4.78, 5) is 16.6. The average Bonchev–Trinajstić information content (AvgIpc) is 2.39. The zero-order chi connectivity index (χ0) is 13.0. The van der Waals surface area contributed by atoms with Crippen molar-refractivity contribution in [2.45, 2.75) is 0 Å². The third kappa shape index (κ3) is 3.49. The molecule has 0 spiro atoms. The molecule has 1 aliphatic rings. The molecule has 1 aliphatic heterocycles. The Balaban J connectivity index is 1.95. The highest BCUT2D eigenvalue weighted by atomic mass is 79.9. The Morgan fingerprint density at radius 3 is 2.61 bits per heavy atom. The highest BCUT2D eigenvalue weighted by Gasteiger charge is 2.21. The maximum atomic E-state index is 12.3. The summed E-state index contributed by atoms with van der Waals surface area (Å²) in [5.74, 6) is 1.00. The maximum Gasteiger partial charge on any atom is 0.253 e. The average molecular weight is 329 g/mol. The Kier molecular flexibility index (Phi) is 5.09. The summed E-state index contributed by atoms with van der Waals surface area (Å²) in [6.45, 7) is 4.50. The number of rotatable bonds is 3. The molecular formula is C13H17BrN2OS. The van der Waals surface area contributed by atoms with Crippen LogP contribution < -0.4 is 0 Å². The minimum Gasteiger partial charge on any atom is -0.336 e. The van der Waals surface area contributed by atoms with E-state index < -0.39 is 0 Å². The van der Waals surface area contributed by atoms with E-state index in [1.165, 1.54) is 0 Å². The van der Waals surface area contributed by atoms with Crippen molar-refractivity contribution in [3.8, 4) is 0 Å². The van der Waals surface area contributed by atoms with Crippen LogP contribution in [0.3, 0.4) is 0 Å². The first kappa shape index (κ1) is 13.9. The molecule has 1 saturated heterocycles. The molecule has 0 saturated carbocycles. The maximum absolute atomic E-state index is 12.3. The molecular weight excluding hydrogens is 312 g/mol. The molecule has 0 aromatic heterocycles. The summed E-state index contributed by atoms with van der Waals surface area (Å²) in [6.07, 6.45) is 0. The second-order valence-corrected chi connectivity index (χ2v) is 5.73. The van der Waals surface area contributed by atoms with Crippen molar-refractivity contribution in [2.75, 3.05) is 38.5 Å². The summed E-state index contributed by atoms with van der Waals surface area (Å²) in [7, 11) is 0. The van der Waals surface area contributed by atoms with Crippen molar-refractivity contribution in [1.82, 2.24) is 9.80 Å². The normalized spacial score (nSPS) is 16.9. The molecule has 18 heavy (non-hydrogen) atoms. The SMILES string of the molecule is O=C(c1cccc(Br)c1)N1CCN(CCS)CC1.